The summed E-state index contributed by atoms with van der Waals surface area (Å²) < 4.78 is 0. The average molecular weight is 315 g/mol. The molecular weight excluding hydrogens is 296 g/mol. The van der Waals surface area contributed by atoms with E-state index in [1.807, 2.05) is 4.90 Å². The van der Waals surface area contributed by atoms with Gasteiger partial charge in [-0.15, -0.1) is 0 Å². The maximum Gasteiger partial charge on any atom is 0.254 e. The van der Waals surface area contributed by atoms with Crippen LogP contribution in [0, 0.1) is 13.8 Å². The standard InChI is InChI=1S/C18H19ClN2O/c1-12-8-13(2)10-15(9-12)16-4-3-7-21(16)18(22)14-5-6-20-17(19)11-14/h5-6,8-11,16H,3-4,7H2,1-2H3. The number of aryl methyl sites for hydroxylation is 2. The number of nitrogens with zero attached hydrogens (tertiary/aromatic N) is 2. The fraction of sp³-hybridized carbons (Fsp3) is 0.333. The predicted molar refractivity (Wildman–Crippen MR) is 88.2 cm³/mol. The van der Waals surface area contributed by atoms with Gasteiger partial charge in [-0.05, 0) is 44.4 Å². The molecule has 4 heteroatoms. The van der Waals surface area contributed by atoms with Crippen LogP contribution in [-0.4, -0.2) is 22.3 Å². The quantitative estimate of drug-likeness (QED) is 0.773. The molecule has 3 nitrogen and oxygen atoms in total. The van der Waals surface area contributed by atoms with E-state index in [1.54, 1.807) is 18.3 Å². The van der Waals surface area contributed by atoms with Gasteiger partial charge in [0.15, 0.2) is 0 Å². The highest BCUT2D eigenvalue weighted by atomic mass is 35.5. The minimum absolute atomic E-state index is 0.0333. The van der Waals surface area contributed by atoms with E-state index in [0.717, 1.165) is 19.4 Å². The van der Waals surface area contributed by atoms with Crippen molar-refractivity contribution in [2.75, 3.05) is 6.54 Å². The largest absolute Gasteiger partial charge is 0.332 e. The Morgan fingerprint density at radius 3 is 2.64 bits per heavy atom. The van der Waals surface area contributed by atoms with Gasteiger partial charge in [-0.25, -0.2) is 4.98 Å². The van der Waals surface area contributed by atoms with E-state index in [1.165, 1.54) is 16.7 Å². The molecule has 114 valence electrons. The fourth-order valence-corrected chi connectivity index (χ4v) is 3.43. The van der Waals surface area contributed by atoms with Crippen LogP contribution in [-0.2, 0) is 0 Å². The normalized spacial score (nSPS) is 17.8. The Kier molecular flexibility index (Phi) is 4.16. The van der Waals surface area contributed by atoms with Crippen molar-refractivity contribution in [3.63, 3.8) is 0 Å². The van der Waals surface area contributed by atoms with Gasteiger partial charge in [0, 0.05) is 18.3 Å². The van der Waals surface area contributed by atoms with Crippen LogP contribution in [0.1, 0.15) is 45.9 Å². The summed E-state index contributed by atoms with van der Waals surface area (Å²) in [5.41, 5.74) is 4.31. The Morgan fingerprint density at radius 2 is 1.95 bits per heavy atom. The van der Waals surface area contributed by atoms with Gasteiger partial charge in [0.2, 0.25) is 0 Å². The van der Waals surface area contributed by atoms with Gasteiger partial charge < -0.3 is 4.90 Å². The molecule has 1 saturated heterocycles. The third-order valence-electron chi connectivity index (χ3n) is 4.12. The van der Waals surface area contributed by atoms with Gasteiger partial charge in [0.1, 0.15) is 5.15 Å². The molecule has 1 atom stereocenters. The molecule has 22 heavy (non-hydrogen) atoms. The number of amides is 1. The Hall–Kier alpha value is -1.87. The molecule has 1 amide bonds. The second-order valence-corrected chi connectivity index (χ2v) is 6.33. The smallest absolute Gasteiger partial charge is 0.254 e. The first kappa shape index (κ1) is 15.0. The number of carbonyl (C=O) groups is 1. The number of benzene rings is 1. The molecule has 3 rings (SSSR count). The second-order valence-electron chi connectivity index (χ2n) is 5.94. The topological polar surface area (TPSA) is 33.2 Å². The Morgan fingerprint density at radius 1 is 1.23 bits per heavy atom. The first-order valence-electron chi connectivity index (χ1n) is 7.55. The number of rotatable bonds is 2. The maximum atomic E-state index is 12.8. The van der Waals surface area contributed by atoms with Crippen molar-refractivity contribution in [3.8, 4) is 0 Å². The van der Waals surface area contributed by atoms with Gasteiger partial charge in [-0.1, -0.05) is 40.9 Å². The average Bonchev–Trinajstić information content (AvgIpc) is 2.95. The zero-order valence-corrected chi connectivity index (χ0v) is 13.6. The highest BCUT2D eigenvalue weighted by molar-refractivity contribution is 6.29. The molecule has 1 aromatic heterocycles. The van der Waals surface area contributed by atoms with Crippen LogP contribution >= 0.6 is 11.6 Å². The maximum absolute atomic E-state index is 12.8. The van der Waals surface area contributed by atoms with E-state index < -0.39 is 0 Å². The summed E-state index contributed by atoms with van der Waals surface area (Å²) in [5.74, 6) is 0.0333. The van der Waals surface area contributed by atoms with Crippen molar-refractivity contribution in [2.45, 2.75) is 32.7 Å². The van der Waals surface area contributed by atoms with Crippen molar-refractivity contribution in [2.24, 2.45) is 0 Å². The molecule has 2 aromatic rings. The van der Waals surface area contributed by atoms with Crippen molar-refractivity contribution < 1.29 is 4.79 Å². The number of likely N-dealkylation sites (tertiary alicyclic amines) is 1. The Labute approximate surface area is 135 Å². The zero-order chi connectivity index (χ0) is 15.7. The molecule has 1 aliphatic rings. The van der Waals surface area contributed by atoms with Crippen LogP contribution in [0.25, 0.3) is 0 Å². The molecule has 0 saturated carbocycles. The summed E-state index contributed by atoms with van der Waals surface area (Å²) in [6, 6.07) is 10.0. The monoisotopic (exact) mass is 314 g/mol. The van der Waals surface area contributed by atoms with Crippen LogP contribution in [0.5, 0.6) is 0 Å². The summed E-state index contributed by atoms with van der Waals surface area (Å²) in [5, 5.41) is 0.355. The summed E-state index contributed by atoms with van der Waals surface area (Å²) in [6.07, 6.45) is 3.62. The third-order valence-corrected chi connectivity index (χ3v) is 4.32. The molecule has 0 N–H and O–H groups in total. The molecule has 0 spiro atoms. The number of pyridine rings is 1. The summed E-state index contributed by atoms with van der Waals surface area (Å²) in [6.45, 7) is 4.98. The van der Waals surface area contributed by atoms with E-state index >= 15 is 0 Å². The number of aromatic nitrogens is 1. The molecule has 0 aliphatic carbocycles. The molecule has 2 heterocycles. The third kappa shape index (κ3) is 3.00. The number of hydrogen-bond donors (Lipinski definition) is 0. The molecule has 1 aliphatic heterocycles. The fourth-order valence-electron chi connectivity index (χ4n) is 3.26. The van der Waals surface area contributed by atoms with Crippen molar-refractivity contribution >= 4 is 17.5 Å². The van der Waals surface area contributed by atoms with Crippen LogP contribution in [0.3, 0.4) is 0 Å². The van der Waals surface area contributed by atoms with E-state index in [0.29, 0.717) is 10.7 Å². The molecule has 1 fully saturated rings. The van der Waals surface area contributed by atoms with Gasteiger partial charge in [-0.3, -0.25) is 4.79 Å². The van der Waals surface area contributed by atoms with Crippen LogP contribution in [0.15, 0.2) is 36.5 Å². The van der Waals surface area contributed by atoms with Gasteiger partial charge in [0.25, 0.3) is 5.91 Å². The Balaban J connectivity index is 1.91. The lowest BCUT2D eigenvalue weighted by molar-refractivity contribution is 0.0735. The molecule has 1 aromatic carbocycles. The van der Waals surface area contributed by atoms with E-state index in [2.05, 4.69) is 37.0 Å². The summed E-state index contributed by atoms with van der Waals surface area (Å²) >= 11 is 5.91. The van der Waals surface area contributed by atoms with Crippen molar-refractivity contribution in [3.05, 3.63) is 63.9 Å². The van der Waals surface area contributed by atoms with Gasteiger partial charge in [-0.2, -0.15) is 0 Å². The number of halogens is 1. The first-order chi connectivity index (χ1) is 10.5. The van der Waals surface area contributed by atoms with E-state index in [9.17, 15) is 4.79 Å². The lowest BCUT2D eigenvalue weighted by atomic mass is 9.99. The van der Waals surface area contributed by atoms with Gasteiger partial charge in [0.05, 0.1) is 6.04 Å². The SMILES string of the molecule is Cc1cc(C)cc(C2CCCN2C(=O)c2ccnc(Cl)c2)c1. The molecule has 0 radical (unpaired) electrons. The minimum Gasteiger partial charge on any atom is -0.332 e. The van der Waals surface area contributed by atoms with Crippen molar-refractivity contribution in [1.82, 2.24) is 9.88 Å². The Bertz CT molecular complexity index is 694. The minimum atomic E-state index is 0.0333. The predicted octanol–water partition coefficient (Wildman–Crippen LogP) is 4.33. The van der Waals surface area contributed by atoms with E-state index in [-0.39, 0.29) is 11.9 Å². The van der Waals surface area contributed by atoms with Crippen molar-refractivity contribution in [1.29, 1.82) is 0 Å². The number of hydrogen-bond acceptors (Lipinski definition) is 2. The zero-order valence-electron chi connectivity index (χ0n) is 12.8. The molecular formula is C18H19ClN2O. The van der Waals surface area contributed by atoms with Crippen LogP contribution in [0.4, 0.5) is 0 Å². The molecule has 1 unspecified atom stereocenters. The highest BCUT2D eigenvalue weighted by Gasteiger charge is 2.30. The molecule has 0 bridgehead atoms. The number of carbonyl (C=O) groups excluding carboxylic acids is 1. The highest BCUT2D eigenvalue weighted by Crippen LogP contribution is 2.34. The van der Waals surface area contributed by atoms with Crippen LogP contribution in [0.2, 0.25) is 5.15 Å². The lowest BCUT2D eigenvalue weighted by Crippen LogP contribution is -2.30. The summed E-state index contributed by atoms with van der Waals surface area (Å²) in [4.78, 5) is 18.7. The van der Waals surface area contributed by atoms with Gasteiger partial charge >= 0.3 is 0 Å². The second kappa shape index (κ2) is 6.09. The summed E-state index contributed by atoms with van der Waals surface area (Å²) in [7, 11) is 0. The van der Waals surface area contributed by atoms with E-state index in [4.69, 9.17) is 11.6 Å². The van der Waals surface area contributed by atoms with Crippen LogP contribution < -0.4 is 0 Å². The lowest BCUT2D eigenvalue weighted by Gasteiger charge is -2.26. The first-order valence-corrected chi connectivity index (χ1v) is 7.93.